The van der Waals surface area contributed by atoms with Gasteiger partial charge in [-0.15, -0.1) is 12.4 Å². The van der Waals surface area contributed by atoms with Gasteiger partial charge in [0.2, 0.25) is 0 Å². The topological polar surface area (TPSA) is 29.3 Å². The molecule has 1 saturated heterocycles. The number of hydrogen-bond acceptors (Lipinski definition) is 2. The molecule has 1 fully saturated rings. The van der Waals surface area contributed by atoms with Gasteiger partial charge in [0.1, 0.15) is 5.82 Å². The van der Waals surface area contributed by atoms with Crippen LogP contribution < -0.4 is 5.73 Å². The van der Waals surface area contributed by atoms with Crippen LogP contribution in [0.5, 0.6) is 0 Å². The second-order valence-electron chi connectivity index (χ2n) is 5.65. The highest BCUT2D eigenvalue weighted by Crippen LogP contribution is 2.28. The van der Waals surface area contributed by atoms with Crippen molar-refractivity contribution in [3.05, 3.63) is 69.9 Å². The van der Waals surface area contributed by atoms with Crippen LogP contribution in [-0.4, -0.2) is 24.0 Å². The lowest BCUT2D eigenvalue weighted by Gasteiger charge is -2.16. The maximum atomic E-state index is 13.4. The lowest BCUT2D eigenvalue weighted by Crippen LogP contribution is -2.28. The molecule has 0 amide bonds. The molecule has 0 saturated carbocycles. The van der Waals surface area contributed by atoms with E-state index in [0.717, 1.165) is 29.7 Å². The standard InChI is InChI=1S/C17H18BrFN2.ClH/c18-14-6-12(7-15(19)8-14)9-21-10-16(17(20)11-21)13-4-2-1-3-5-13;/h1-8,16-17H,9-11,20H2;1H/t16-,17+;/m0./s1. The summed E-state index contributed by atoms with van der Waals surface area (Å²) < 4.78 is 14.2. The number of hydrogen-bond donors (Lipinski definition) is 1. The zero-order valence-electron chi connectivity index (χ0n) is 12.1. The molecule has 0 aliphatic carbocycles. The van der Waals surface area contributed by atoms with Gasteiger partial charge < -0.3 is 5.73 Å². The first-order valence-electron chi connectivity index (χ1n) is 7.09. The van der Waals surface area contributed by atoms with E-state index < -0.39 is 0 Å². The normalized spacial score (nSPS) is 21.6. The third-order valence-electron chi connectivity index (χ3n) is 4.00. The van der Waals surface area contributed by atoms with E-state index in [-0.39, 0.29) is 24.3 Å². The molecule has 3 rings (SSSR count). The number of likely N-dealkylation sites (tertiary alicyclic amines) is 1. The van der Waals surface area contributed by atoms with Crippen LogP contribution in [0.15, 0.2) is 53.0 Å². The predicted octanol–water partition coefficient (Wildman–Crippen LogP) is 3.94. The highest BCUT2D eigenvalue weighted by atomic mass is 79.9. The Balaban J connectivity index is 0.00000176. The van der Waals surface area contributed by atoms with Gasteiger partial charge in [-0.1, -0.05) is 46.3 Å². The smallest absolute Gasteiger partial charge is 0.124 e. The zero-order valence-corrected chi connectivity index (χ0v) is 14.5. The van der Waals surface area contributed by atoms with E-state index in [1.54, 1.807) is 6.07 Å². The second-order valence-corrected chi connectivity index (χ2v) is 6.57. The van der Waals surface area contributed by atoms with Crippen molar-refractivity contribution in [2.75, 3.05) is 13.1 Å². The van der Waals surface area contributed by atoms with Crippen molar-refractivity contribution < 1.29 is 4.39 Å². The number of halogens is 3. The average Bonchev–Trinajstić information content (AvgIpc) is 2.79. The molecule has 0 radical (unpaired) electrons. The van der Waals surface area contributed by atoms with E-state index in [9.17, 15) is 4.39 Å². The molecule has 2 N–H and O–H groups in total. The summed E-state index contributed by atoms with van der Waals surface area (Å²) in [6.45, 7) is 2.49. The van der Waals surface area contributed by atoms with Crippen LogP contribution in [0.2, 0.25) is 0 Å². The Hall–Kier alpha value is -0.940. The molecule has 1 aliphatic heterocycles. The van der Waals surface area contributed by atoms with Crippen molar-refractivity contribution in [3.8, 4) is 0 Å². The van der Waals surface area contributed by atoms with Crippen molar-refractivity contribution in [2.24, 2.45) is 5.73 Å². The first-order chi connectivity index (χ1) is 10.1. The molecule has 2 aromatic carbocycles. The van der Waals surface area contributed by atoms with Crippen LogP contribution in [0.25, 0.3) is 0 Å². The van der Waals surface area contributed by atoms with E-state index in [0.29, 0.717) is 5.92 Å². The first kappa shape index (κ1) is 17.4. The summed E-state index contributed by atoms with van der Waals surface area (Å²) in [4.78, 5) is 2.30. The van der Waals surface area contributed by atoms with E-state index in [4.69, 9.17) is 5.73 Å². The summed E-state index contributed by atoms with van der Waals surface area (Å²) in [5.74, 6) is 0.144. The van der Waals surface area contributed by atoms with Crippen LogP contribution in [0.3, 0.4) is 0 Å². The van der Waals surface area contributed by atoms with Crippen LogP contribution >= 0.6 is 28.3 Å². The quantitative estimate of drug-likeness (QED) is 0.867. The van der Waals surface area contributed by atoms with E-state index >= 15 is 0 Å². The zero-order chi connectivity index (χ0) is 14.8. The van der Waals surface area contributed by atoms with Crippen molar-refractivity contribution in [3.63, 3.8) is 0 Å². The van der Waals surface area contributed by atoms with Gasteiger partial charge in [0.25, 0.3) is 0 Å². The number of benzene rings is 2. The van der Waals surface area contributed by atoms with Gasteiger partial charge in [0.15, 0.2) is 0 Å². The average molecular weight is 386 g/mol. The Morgan fingerprint density at radius 3 is 2.55 bits per heavy atom. The number of nitrogens with zero attached hydrogens (tertiary/aromatic N) is 1. The molecule has 0 bridgehead atoms. The maximum absolute atomic E-state index is 13.4. The second kappa shape index (κ2) is 7.55. The van der Waals surface area contributed by atoms with E-state index in [1.807, 2.05) is 24.3 Å². The minimum absolute atomic E-state index is 0. The largest absolute Gasteiger partial charge is 0.326 e. The van der Waals surface area contributed by atoms with Crippen molar-refractivity contribution in [1.82, 2.24) is 4.90 Å². The molecule has 5 heteroatoms. The molecule has 0 unspecified atom stereocenters. The fraction of sp³-hybridized carbons (Fsp3) is 0.294. The van der Waals surface area contributed by atoms with Crippen molar-refractivity contribution in [1.29, 1.82) is 0 Å². The monoisotopic (exact) mass is 384 g/mol. The van der Waals surface area contributed by atoms with Gasteiger partial charge in [-0.2, -0.15) is 0 Å². The highest BCUT2D eigenvalue weighted by molar-refractivity contribution is 9.10. The summed E-state index contributed by atoms with van der Waals surface area (Å²) in [6.07, 6.45) is 0. The molecule has 0 spiro atoms. The van der Waals surface area contributed by atoms with E-state index in [1.165, 1.54) is 11.6 Å². The summed E-state index contributed by atoms with van der Waals surface area (Å²) in [5, 5.41) is 0. The fourth-order valence-electron chi connectivity index (χ4n) is 3.06. The van der Waals surface area contributed by atoms with Crippen LogP contribution in [-0.2, 0) is 6.54 Å². The maximum Gasteiger partial charge on any atom is 0.124 e. The Kier molecular flexibility index (Phi) is 5.98. The SMILES string of the molecule is Cl.N[C@@H]1CN(Cc2cc(F)cc(Br)c2)C[C@H]1c1ccccc1. The number of nitrogens with two attached hydrogens (primary N) is 1. The highest BCUT2D eigenvalue weighted by Gasteiger charge is 2.31. The summed E-state index contributed by atoms with van der Waals surface area (Å²) in [7, 11) is 0. The Bertz CT molecular complexity index is 603. The van der Waals surface area contributed by atoms with Crippen molar-refractivity contribution >= 4 is 28.3 Å². The number of rotatable bonds is 3. The van der Waals surface area contributed by atoms with Crippen molar-refractivity contribution in [2.45, 2.75) is 18.5 Å². The van der Waals surface area contributed by atoms with Gasteiger partial charge in [0, 0.05) is 36.1 Å². The minimum atomic E-state index is -0.206. The summed E-state index contributed by atoms with van der Waals surface area (Å²) in [5.41, 5.74) is 8.55. The molecule has 118 valence electrons. The molecule has 0 aromatic heterocycles. The lowest BCUT2D eigenvalue weighted by atomic mass is 9.95. The molecule has 1 heterocycles. The van der Waals surface area contributed by atoms with Gasteiger partial charge in [-0.25, -0.2) is 4.39 Å². The third kappa shape index (κ3) is 4.07. The molecule has 1 aliphatic rings. The Morgan fingerprint density at radius 2 is 1.86 bits per heavy atom. The third-order valence-corrected chi connectivity index (χ3v) is 4.45. The minimum Gasteiger partial charge on any atom is -0.326 e. The molecular formula is C17H19BrClFN2. The molecule has 2 nitrogen and oxygen atoms in total. The Morgan fingerprint density at radius 1 is 1.14 bits per heavy atom. The Labute approximate surface area is 145 Å². The molecular weight excluding hydrogens is 367 g/mol. The molecule has 2 atom stereocenters. The lowest BCUT2D eigenvalue weighted by molar-refractivity contribution is 0.323. The van der Waals surface area contributed by atoms with Crippen LogP contribution in [0.4, 0.5) is 4.39 Å². The molecule has 22 heavy (non-hydrogen) atoms. The first-order valence-corrected chi connectivity index (χ1v) is 7.89. The fourth-order valence-corrected chi connectivity index (χ4v) is 3.57. The molecule has 2 aromatic rings. The van der Waals surface area contributed by atoms with Gasteiger partial charge >= 0.3 is 0 Å². The predicted molar refractivity (Wildman–Crippen MR) is 93.8 cm³/mol. The van der Waals surface area contributed by atoms with Gasteiger partial charge in [-0.05, 0) is 29.3 Å². The summed E-state index contributed by atoms with van der Waals surface area (Å²) in [6, 6.07) is 15.5. The van der Waals surface area contributed by atoms with Gasteiger partial charge in [-0.3, -0.25) is 4.90 Å². The summed E-state index contributed by atoms with van der Waals surface area (Å²) >= 11 is 3.34. The van der Waals surface area contributed by atoms with E-state index in [2.05, 4.69) is 33.0 Å². The van der Waals surface area contributed by atoms with Gasteiger partial charge in [0.05, 0.1) is 0 Å². The van der Waals surface area contributed by atoms with Crippen LogP contribution in [0, 0.1) is 5.82 Å². The van der Waals surface area contributed by atoms with Crippen LogP contribution in [0.1, 0.15) is 17.0 Å².